The van der Waals surface area contributed by atoms with Gasteiger partial charge in [-0.1, -0.05) is 18.2 Å². The van der Waals surface area contributed by atoms with Crippen LogP contribution in [0.5, 0.6) is 5.75 Å². The zero-order chi connectivity index (χ0) is 19.7. The van der Waals surface area contributed by atoms with E-state index in [0.29, 0.717) is 24.4 Å². The third-order valence-corrected chi connectivity index (χ3v) is 5.50. The van der Waals surface area contributed by atoms with E-state index in [2.05, 4.69) is 5.32 Å². The number of methoxy groups -OCH3 is 1. The Labute approximate surface area is 163 Å². The molecule has 2 aromatic rings. The van der Waals surface area contributed by atoms with E-state index >= 15 is 0 Å². The van der Waals surface area contributed by atoms with Crippen LogP contribution in [-0.2, 0) is 4.79 Å². The molecule has 4 rings (SSSR count). The van der Waals surface area contributed by atoms with Crippen molar-refractivity contribution in [2.45, 2.75) is 24.8 Å². The lowest BCUT2D eigenvalue weighted by atomic mass is 9.87. The van der Waals surface area contributed by atoms with Gasteiger partial charge in [-0.3, -0.25) is 9.59 Å². The predicted octanol–water partition coefficient (Wildman–Crippen LogP) is 2.97. The molecule has 1 N–H and O–H groups in total. The number of hydrogen-bond acceptors (Lipinski definition) is 3. The number of carbonyl (C=O) groups excluding carboxylic acids is 2. The first kappa shape index (κ1) is 18.5. The summed E-state index contributed by atoms with van der Waals surface area (Å²) in [6.45, 7) is 0.747. The Balaban J connectivity index is 1.61. The van der Waals surface area contributed by atoms with Gasteiger partial charge in [0.25, 0.3) is 5.91 Å². The minimum Gasteiger partial charge on any atom is -0.496 e. The first-order valence-corrected chi connectivity index (χ1v) is 9.55. The Morgan fingerprint density at radius 3 is 2.46 bits per heavy atom. The van der Waals surface area contributed by atoms with Crippen molar-refractivity contribution < 1.29 is 18.7 Å². The van der Waals surface area contributed by atoms with Gasteiger partial charge in [-0.15, -0.1) is 0 Å². The van der Waals surface area contributed by atoms with Crippen LogP contribution in [0, 0.1) is 11.7 Å². The maximum absolute atomic E-state index is 13.2. The highest BCUT2D eigenvalue weighted by molar-refractivity contribution is 5.95. The third kappa shape index (κ3) is 3.72. The molecule has 6 heteroatoms. The highest BCUT2D eigenvalue weighted by Crippen LogP contribution is 2.38. The molecule has 2 aliphatic rings. The van der Waals surface area contributed by atoms with E-state index in [1.54, 1.807) is 12.0 Å². The molecule has 2 atom stereocenters. The summed E-state index contributed by atoms with van der Waals surface area (Å²) < 4.78 is 18.7. The summed E-state index contributed by atoms with van der Waals surface area (Å²) in [6, 6.07) is 13.4. The van der Waals surface area contributed by atoms with E-state index in [1.807, 2.05) is 24.3 Å². The first-order chi connectivity index (χ1) is 13.6. The van der Waals surface area contributed by atoms with Gasteiger partial charge in [0.1, 0.15) is 11.6 Å². The fraction of sp³-hybridized carbons (Fsp3) is 0.364. The Morgan fingerprint density at radius 2 is 1.79 bits per heavy atom. The van der Waals surface area contributed by atoms with Crippen molar-refractivity contribution in [1.29, 1.82) is 0 Å². The maximum atomic E-state index is 13.2. The minimum absolute atomic E-state index is 0.0205. The van der Waals surface area contributed by atoms with E-state index in [-0.39, 0.29) is 35.5 Å². The van der Waals surface area contributed by atoms with Crippen molar-refractivity contribution in [3.05, 3.63) is 65.5 Å². The van der Waals surface area contributed by atoms with Gasteiger partial charge in [-0.2, -0.15) is 0 Å². The van der Waals surface area contributed by atoms with Crippen LogP contribution in [-0.4, -0.2) is 43.0 Å². The van der Waals surface area contributed by atoms with Gasteiger partial charge in [0.05, 0.1) is 13.0 Å². The maximum Gasteiger partial charge on any atom is 0.253 e. The van der Waals surface area contributed by atoms with Crippen molar-refractivity contribution in [1.82, 2.24) is 10.2 Å². The number of likely N-dealkylation sites (tertiary alicyclic amines) is 1. The number of nitrogens with one attached hydrogen (secondary N) is 1. The van der Waals surface area contributed by atoms with Gasteiger partial charge < -0.3 is 15.0 Å². The highest BCUT2D eigenvalue weighted by atomic mass is 19.1. The van der Waals surface area contributed by atoms with Crippen molar-refractivity contribution in [2.24, 2.45) is 5.92 Å². The van der Waals surface area contributed by atoms with Crippen LogP contribution in [0.1, 0.15) is 34.7 Å². The summed E-state index contributed by atoms with van der Waals surface area (Å²) in [4.78, 5) is 27.5. The lowest BCUT2D eigenvalue weighted by molar-refractivity contribution is -0.125. The van der Waals surface area contributed by atoms with Crippen molar-refractivity contribution >= 4 is 11.8 Å². The van der Waals surface area contributed by atoms with Gasteiger partial charge in [0.2, 0.25) is 5.91 Å². The fourth-order valence-corrected chi connectivity index (χ4v) is 3.83. The summed E-state index contributed by atoms with van der Waals surface area (Å²) in [7, 11) is 1.61. The molecular formula is C22H23FN2O3. The van der Waals surface area contributed by atoms with Crippen molar-refractivity contribution in [3.8, 4) is 5.75 Å². The number of ether oxygens (including phenoxy) is 1. The van der Waals surface area contributed by atoms with Crippen LogP contribution in [0.25, 0.3) is 0 Å². The molecule has 2 unspecified atom stereocenters. The molecule has 5 nitrogen and oxygen atoms in total. The molecular weight excluding hydrogens is 359 g/mol. The number of carbonyl (C=O) groups is 2. The average molecular weight is 382 g/mol. The third-order valence-electron chi connectivity index (χ3n) is 5.50. The van der Waals surface area contributed by atoms with E-state index < -0.39 is 0 Å². The zero-order valence-electron chi connectivity index (χ0n) is 15.7. The molecule has 1 aliphatic heterocycles. The average Bonchev–Trinajstić information content (AvgIpc) is 3.41. The molecule has 0 bridgehead atoms. The minimum atomic E-state index is -0.383. The smallest absolute Gasteiger partial charge is 0.253 e. The zero-order valence-corrected chi connectivity index (χ0v) is 15.7. The van der Waals surface area contributed by atoms with Crippen LogP contribution in [0.4, 0.5) is 4.39 Å². The second kappa shape index (κ2) is 7.62. The van der Waals surface area contributed by atoms with Gasteiger partial charge in [0.15, 0.2) is 0 Å². The normalized spacial score (nSPS) is 21.4. The second-order valence-electron chi connectivity index (χ2n) is 7.45. The number of rotatable bonds is 5. The quantitative estimate of drug-likeness (QED) is 0.865. The monoisotopic (exact) mass is 382 g/mol. The van der Waals surface area contributed by atoms with E-state index in [1.165, 1.54) is 24.3 Å². The van der Waals surface area contributed by atoms with Crippen LogP contribution < -0.4 is 10.1 Å². The summed E-state index contributed by atoms with van der Waals surface area (Å²) in [5, 5.41) is 3.07. The highest BCUT2D eigenvalue weighted by Gasteiger charge is 2.42. The van der Waals surface area contributed by atoms with Crippen LogP contribution in [0.15, 0.2) is 48.5 Å². The molecule has 1 saturated carbocycles. The molecule has 1 saturated heterocycles. The second-order valence-corrected chi connectivity index (χ2v) is 7.45. The lowest BCUT2D eigenvalue weighted by Crippen LogP contribution is -2.36. The molecule has 1 aliphatic carbocycles. The topological polar surface area (TPSA) is 58.6 Å². The van der Waals surface area contributed by atoms with E-state index in [0.717, 1.165) is 18.4 Å². The summed E-state index contributed by atoms with van der Waals surface area (Å²) >= 11 is 0. The molecule has 0 aromatic heterocycles. The van der Waals surface area contributed by atoms with Crippen molar-refractivity contribution in [3.63, 3.8) is 0 Å². The van der Waals surface area contributed by atoms with E-state index in [4.69, 9.17) is 4.74 Å². The Morgan fingerprint density at radius 1 is 1.07 bits per heavy atom. The molecule has 0 spiro atoms. The number of nitrogens with zero attached hydrogens (tertiary/aromatic N) is 1. The van der Waals surface area contributed by atoms with E-state index in [9.17, 15) is 14.0 Å². The van der Waals surface area contributed by atoms with Crippen LogP contribution >= 0.6 is 0 Å². The molecule has 2 fully saturated rings. The van der Waals surface area contributed by atoms with Crippen LogP contribution in [0.2, 0.25) is 0 Å². The Hall–Kier alpha value is -2.89. The molecule has 2 amide bonds. The number of benzene rings is 2. The number of para-hydroxylation sites is 1. The van der Waals surface area contributed by atoms with Gasteiger partial charge >= 0.3 is 0 Å². The molecule has 0 radical (unpaired) electrons. The summed E-state index contributed by atoms with van der Waals surface area (Å²) in [5.74, 6) is -0.380. The fourth-order valence-electron chi connectivity index (χ4n) is 3.83. The lowest BCUT2D eigenvalue weighted by Gasteiger charge is -2.20. The van der Waals surface area contributed by atoms with Crippen molar-refractivity contribution in [2.75, 3.05) is 20.2 Å². The number of hydrogen-bond donors (Lipinski definition) is 1. The largest absolute Gasteiger partial charge is 0.496 e. The van der Waals surface area contributed by atoms with Gasteiger partial charge in [-0.05, 0) is 48.7 Å². The molecule has 146 valence electrons. The predicted molar refractivity (Wildman–Crippen MR) is 103 cm³/mol. The molecule has 1 heterocycles. The first-order valence-electron chi connectivity index (χ1n) is 9.55. The SMILES string of the molecule is COc1ccccc1C1CN(C(=O)c2ccc(F)cc2)CC1C(=O)NC1CC1. The molecule has 2 aromatic carbocycles. The number of halogens is 1. The number of amides is 2. The summed E-state index contributed by atoms with van der Waals surface area (Å²) in [5.41, 5.74) is 1.35. The standard InChI is InChI=1S/C22H23FN2O3/c1-28-20-5-3-2-4-17(20)18-12-25(13-19(18)21(26)24-16-10-11-16)22(27)14-6-8-15(23)9-7-14/h2-9,16,18-19H,10-13H2,1H3,(H,24,26). The van der Waals surface area contributed by atoms with Crippen LogP contribution in [0.3, 0.4) is 0 Å². The Bertz CT molecular complexity index is 880. The molecule has 28 heavy (non-hydrogen) atoms. The van der Waals surface area contributed by atoms with Gasteiger partial charge in [0, 0.05) is 30.6 Å². The van der Waals surface area contributed by atoms with Gasteiger partial charge in [-0.25, -0.2) is 4.39 Å². The Kier molecular flexibility index (Phi) is 5.03. The summed E-state index contributed by atoms with van der Waals surface area (Å²) in [6.07, 6.45) is 2.02.